The molecule has 0 saturated heterocycles. The van der Waals surface area contributed by atoms with Crippen molar-refractivity contribution in [1.82, 2.24) is 0 Å². The van der Waals surface area contributed by atoms with Crippen LogP contribution in [0.5, 0.6) is 0 Å². The lowest BCUT2D eigenvalue weighted by Crippen LogP contribution is -1.56. The van der Waals surface area contributed by atoms with E-state index < -0.39 is 0 Å². The number of hydrogen-bond donors (Lipinski definition) is 1. The molecule has 0 atom stereocenters. The highest BCUT2D eigenvalue weighted by Crippen LogP contribution is 1.84. The van der Waals surface area contributed by atoms with E-state index in [-0.39, 0.29) is 0 Å². The fourth-order valence-electron chi connectivity index (χ4n) is 0.127. The Labute approximate surface area is 37.6 Å². The minimum Gasteiger partial charge on any atom is -0.516 e. The zero-order valence-electron chi connectivity index (χ0n) is 3.81. The maximum atomic E-state index is 8.00. The van der Waals surface area contributed by atoms with Crippen LogP contribution in [0.25, 0.3) is 0 Å². The minimum absolute atomic E-state index is 0.859. The monoisotopic (exact) mass is 84.1 g/mol. The van der Waals surface area contributed by atoms with Gasteiger partial charge in [-0.1, -0.05) is 12.2 Å². The van der Waals surface area contributed by atoms with E-state index in [1.54, 1.807) is 0 Å². The van der Waals surface area contributed by atoms with Crippen LogP contribution in [0, 0.1) is 0 Å². The highest BCUT2D eigenvalue weighted by atomic mass is 16.2. The molecular weight excluding hydrogens is 76.1 g/mol. The smallest absolute Gasteiger partial charge is 0.0794 e. The maximum Gasteiger partial charge on any atom is 0.0794 e. The highest BCUT2D eigenvalue weighted by Gasteiger charge is 1.65. The molecule has 0 fully saturated rings. The van der Waals surface area contributed by atoms with E-state index in [1.807, 2.05) is 6.92 Å². The quantitative estimate of drug-likeness (QED) is 0.378. The molecule has 0 rings (SSSR count). The van der Waals surface area contributed by atoms with E-state index in [9.17, 15) is 0 Å². The lowest BCUT2D eigenvalue weighted by Gasteiger charge is -1.75. The van der Waals surface area contributed by atoms with Gasteiger partial charge in [0, 0.05) is 0 Å². The molecule has 0 spiro atoms. The Morgan fingerprint density at radius 3 is 2.33 bits per heavy atom. The Kier molecular flexibility index (Phi) is 2.21. The molecule has 1 N–H and O–H groups in total. The molecule has 0 amide bonds. The van der Waals surface area contributed by atoms with Crippen LogP contribution in [0.3, 0.4) is 0 Å². The average molecular weight is 84.1 g/mol. The molecule has 34 valence electrons. The molecule has 0 aromatic rings. The fourth-order valence-corrected chi connectivity index (χ4v) is 0.127. The Balaban J connectivity index is 3.30. The van der Waals surface area contributed by atoms with Gasteiger partial charge in [0.2, 0.25) is 0 Å². The summed E-state index contributed by atoms with van der Waals surface area (Å²) in [6.07, 6.45) is 2.50. The summed E-state index contributed by atoms with van der Waals surface area (Å²) in [6.45, 7) is 5.31. The summed E-state index contributed by atoms with van der Waals surface area (Å²) in [7, 11) is 0. The van der Waals surface area contributed by atoms with Crippen molar-refractivity contribution in [2.45, 2.75) is 6.92 Å². The minimum atomic E-state index is 0.859. The summed E-state index contributed by atoms with van der Waals surface area (Å²) >= 11 is 0. The van der Waals surface area contributed by atoms with Gasteiger partial charge in [-0.3, -0.25) is 0 Å². The van der Waals surface area contributed by atoms with E-state index in [1.165, 1.54) is 6.08 Å². The van der Waals surface area contributed by atoms with Crippen molar-refractivity contribution < 1.29 is 5.11 Å². The van der Waals surface area contributed by atoms with Crippen LogP contribution >= 0.6 is 0 Å². The van der Waals surface area contributed by atoms with Crippen molar-refractivity contribution in [2.24, 2.45) is 0 Å². The first-order chi connectivity index (χ1) is 2.77. The van der Waals surface area contributed by atoms with Crippen LogP contribution in [0.4, 0.5) is 0 Å². The van der Waals surface area contributed by atoms with Crippen molar-refractivity contribution >= 4 is 0 Å². The fraction of sp³-hybridized carbons (Fsp3) is 0.200. The molecule has 0 aromatic heterocycles. The molecule has 1 nitrogen and oxygen atoms in total. The molecule has 0 aliphatic rings. The van der Waals surface area contributed by atoms with Gasteiger partial charge in [0.15, 0.2) is 0 Å². The van der Waals surface area contributed by atoms with Crippen molar-refractivity contribution in [2.75, 3.05) is 0 Å². The normalized spacial score (nSPS) is 9.50. The van der Waals surface area contributed by atoms with Crippen LogP contribution in [0.15, 0.2) is 24.5 Å². The van der Waals surface area contributed by atoms with Crippen LogP contribution < -0.4 is 0 Å². The number of aliphatic hydroxyl groups excluding tert-OH is 1. The van der Waals surface area contributed by atoms with Crippen LogP contribution in [-0.2, 0) is 0 Å². The van der Waals surface area contributed by atoms with E-state index in [4.69, 9.17) is 5.11 Å². The lowest BCUT2D eigenvalue weighted by molar-refractivity contribution is 0.473. The van der Waals surface area contributed by atoms with Crippen LogP contribution in [0.2, 0.25) is 0 Å². The second-order valence-electron chi connectivity index (χ2n) is 1.16. The average Bonchev–Trinajstić information content (AvgIpc) is 1.35. The van der Waals surface area contributed by atoms with Gasteiger partial charge in [-0.05, 0) is 13.0 Å². The topological polar surface area (TPSA) is 20.2 Å². The first-order valence-corrected chi connectivity index (χ1v) is 1.73. The Morgan fingerprint density at radius 2 is 2.33 bits per heavy atom. The second-order valence-corrected chi connectivity index (χ2v) is 1.16. The van der Waals surface area contributed by atoms with E-state index >= 15 is 0 Å². The standard InChI is InChI=1S/C5H8O/c1-5(2)3-4-6/h3-4,6H,1H2,2H3/b4-3+. The van der Waals surface area contributed by atoms with Crippen LogP contribution in [0.1, 0.15) is 6.92 Å². The number of rotatable bonds is 1. The van der Waals surface area contributed by atoms with Gasteiger partial charge >= 0.3 is 0 Å². The molecule has 0 aliphatic carbocycles. The Hall–Kier alpha value is -0.720. The highest BCUT2D eigenvalue weighted by molar-refractivity contribution is 5.07. The third-order valence-corrected chi connectivity index (χ3v) is 0.359. The summed E-state index contributed by atoms with van der Waals surface area (Å²) in [5.41, 5.74) is 0.859. The summed E-state index contributed by atoms with van der Waals surface area (Å²) in [5.74, 6) is 0. The number of hydrogen-bond acceptors (Lipinski definition) is 1. The summed E-state index contributed by atoms with van der Waals surface area (Å²) < 4.78 is 0. The zero-order valence-corrected chi connectivity index (χ0v) is 3.81. The van der Waals surface area contributed by atoms with E-state index in [0.29, 0.717) is 0 Å². The third kappa shape index (κ3) is 3.28. The van der Waals surface area contributed by atoms with Gasteiger partial charge < -0.3 is 5.11 Å². The van der Waals surface area contributed by atoms with Crippen LogP contribution in [-0.4, -0.2) is 5.11 Å². The molecule has 0 saturated carbocycles. The van der Waals surface area contributed by atoms with Gasteiger partial charge in [0.05, 0.1) is 6.26 Å². The van der Waals surface area contributed by atoms with Crippen molar-refractivity contribution in [3.8, 4) is 0 Å². The predicted molar refractivity (Wildman–Crippen MR) is 26.6 cm³/mol. The zero-order chi connectivity index (χ0) is 4.99. The molecule has 6 heavy (non-hydrogen) atoms. The lowest BCUT2D eigenvalue weighted by atomic mass is 10.4. The van der Waals surface area contributed by atoms with Crippen molar-refractivity contribution in [3.63, 3.8) is 0 Å². The SMILES string of the molecule is C=C(C)/C=C/O. The van der Waals surface area contributed by atoms with Gasteiger partial charge in [-0.2, -0.15) is 0 Å². The summed E-state index contributed by atoms with van der Waals surface area (Å²) in [6, 6.07) is 0. The molecule has 0 aromatic carbocycles. The van der Waals surface area contributed by atoms with Gasteiger partial charge in [-0.15, -0.1) is 0 Å². The molecule has 0 unspecified atom stereocenters. The first-order valence-electron chi connectivity index (χ1n) is 1.73. The molecule has 0 aliphatic heterocycles. The molecule has 0 radical (unpaired) electrons. The first kappa shape index (κ1) is 5.28. The van der Waals surface area contributed by atoms with Gasteiger partial charge in [0.25, 0.3) is 0 Å². The molecule has 0 bridgehead atoms. The third-order valence-electron chi connectivity index (χ3n) is 0.359. The van der Waals surface area contributed by atoms with E-state index in [2.05, 4.69) is 6.58 Å². The predicted octanol–water partition coefficient (Wildman–Crippen LogP) is 1.63. The van der Waals surface area contributed by atoms with E-state index in [0.717, 1.165) is 11.8 Å². The Bertz CT molecular complexity index is 72.0. The summed E-state index contributed by atoms with van der Waals surface area (Å²) in [5, 5.41) is 8.00. The van der Waals surface area contributed by atoms with Gasteiger partial charge in [0.1, 0.15) is 0 Å². The Morgan fingerprint density at radius 1 is 1.83 bits per heavy atom. The number of aliphatic hydroxyl groups is 1. The van der Waals surface area contributed by atoms with Gasteiger partial charge in [-0.25, -0.2) is 0 Å². The molecular formula is C5H8O. The maximum absolute atomic E-state index is 8.00. The number of allylic oxidation sites excluding steroid dienone is 2. The second kappa shape index (κ2) is 2.51. The van der Waals surface area contributed by atoms with Crippen molar-refractivity contribution in [3.05, 3.63) is 24.5 Å². The molecule has 0 heterocycles. The van der Waals surface area contributed by atoms with Crippen molar-refractivity contribution in [1.29, 1.82) is 0 Å². The molecule has 1 heteroatoms. The largest absolute Gasteiger partial charge is 0.516 e. The summed E-state index contributed by atoms with van der Waals surface area (Å²) in [4.78, 5) is 0.